The first kappa shape index (κ1) is 23.3. The van der Waals surface area contributed by atoms with Gasteiger partial charge in [-0.25, -0.2) is 14.4 Å². The Morgan fingerprint density at radius 3 is 2.44 bits per heavy atom. The number of urea groups is 2. The van der Waals surface area contributed by atoms with Crippen LogP contribution in [0.15, 0.2) is 64.3 Å². The minimum atomic E-state index is -0.647. The van der Waals surface area contributed by atoms with Gasteiger partial charge in [-0.3, -0.25) is 4.90 Å². The fourth-order valence-corrected chi connectivity index (χ4v) is 3.89. The van der Waals surface area contributed by atoms with Crippen LogP contribution in [0.3, 0.4) is 0 Å². The molecule has 1 aliphatic rings. The molecule has 0 bridgehead atoms. The van der Waals surface area contributed by atoms with Gasteiger partial charge in [-0.05, 0) is 59.1 Å². The van der Waals surface area contributed by atoms with E-state index in [-0.39, 0.29) is 6.03 Å². The van der Waals surface area contributed by atoms with Crippen LogP contribution < -0.4 is 16.0 Å². The second kappa shape index (κ2) is 10.3. The predicted molar refractivity (Wildman–Crippen MR) is 126 cm³/mol. The normalized spacial score (nSPS) is 15.8. The van der Waals surface area contributed by atoms with Crippen molar-refractivity contribution in [3.05, 3.63) is 69.8 Å². The summed E-state index contributed by atoms with van der Waals surface area (Å²) >= 11 is 3.39. The zero-order valence-electron chi connectivity index (χ0n) is 18.1. The van der Waals surface area contributed by atoms with Crippen LogP contribution >= 0.6 is 15.9 Å². The molecule has 3 rings (SSSR count). The van der Waals surface area contributed by atoms with Crippen molar-refractivity contribution in [2.45, 2.75) is 26.3 Å². The minimum absolute atomic E-state index is 0.267. The number of amides is 4. The van der Waals surface area contributed by atoms with Crippen molar-refractivity contribution in [1.82, 2.24) is 10.2 Å². The van der Waals surface area contributed by atoms with E-state index in [0.29, 0.717) is 34.8 Å². The lowest BCUT2D eigenvalue weighted by molar-refractivity contribution is -0.136. The molecule has 0 saturated heterocycles. The maximum atomic E-state index is 12.6. The Hall–Kier alpha value is -3.33. The molecule has 0 aliphatic carbocycles. The van der Waals surface area contributed by atoms with E-state index in [1.54, 1.807) is 42.2 Å². The Labute approximate surface area is 195 Å². The van der Waals surface area contributed by atoms with Gasteiger partial charge < -0.3 is 20.7 Å². The average Bonchev–Trinajstić information content (AvgIpc) is 2.78. The molecule has 9 heteroatoms. The number of carbonyl (C=O) groups excluding carboxylic acids is 3. The van der Waals surface area contributed by atoms with E-state index in [1.165, 1.54) is 7.11 Å². The lowest BCUT2D eigenvalue weighted by atomic mass is 9.94. The molecule has 2 aromatic carbocycles. The quantitative estimate of drug-likeness (QED) is 0.485. The van der Waals surface area contributed by atoms with Gasteiger partial charge in [0.05, 0.1) is 24.4 Å². The van der Waals surface area contributed by atoms with E-state index >= 15 is 0 Å². The summed E-state index contributed by atoms with van der Waals surface area (Å²) < 4.78 is 5.74. The monoisotopic (exact) mass is 500 g/mol. The van der Waals surface area contributed by atoms with Gasteiger partial charge >= 0.3 is 18.0 Å². The Balaban J connectivity index is 1.79. The molecule has 1 heterocycles. The first-order chi connectivity index (χ1) is 15.3. The van der Waals surface area contributed by atoms with E-state index in [2.05, 4.69) is 31.9 Å². The number of ether oxygens (including phenoxy) is 1. The van der Waals surface area contributed by atoms with Crippen LogP contribution in [0.4, 0.5) is 21.0 Å². The summed E-state index contributed by atoms with van der Waals surface area (Å²) in [7, 11) is 1.32. The average molecular weight is 501 g/mol. The molecule has 168 valence electrons. The SMILES string of the molecule is CCCN1C(=O)N[C@H](c2ccc(NC(=O)Nc3ccccc3Br)cc2)C(C(=O)OC)=C1C. The van der Waals surface area contributed by atoms with Crippen molar-refractivity contribution in [3.8, 4) is 0 Å². The molecule has 3 N–H and O–H groups in total. The van der Waals surface area contributed by atoms with Crippen molar-refractivity contribution in [2.24, 2.45) is 0 Å². The maximum Gasteiger partial charge on any atom is 0.337 e. The number of para-hydroxylation sites is 1. The number of esters is 1. The molecule has 2 aromatic rings. The highest BCUT2D eigenvalue weighted by Gasteiger charge is 2.35. The predicted octanol–water partition coefficient (Wildman–Crippen LogP) is 5.02. The molecule has 8 nitrogen and oxygen atoms in total. The van der Waals surface area contributed by atoms with Crippen LogP contribution in [-0.2, 0) is 9.53 Å². The Morgan fingerprint density at radius 2 is 1.81 bits per heavy atom. The van der Waals surface area contributed by atoms with Gasteiger partial charge in [-0.1, -0.05) is 31.2 Å². The van der Waals surface area contributed by atoms with E-state index < -0.39 is 18.0 Å². The van der Waals surface area contributed by atoms with E-state index in [9.17, 15) is 14.4 Å². The topological polar surface area (TPSA) is 99.8 Å². The fraction of sp³-hybridized carbons (Fsp3) is 0.261. The van der Waals surface area contributed by atoms with Crippen LogP contribution in [0.1, 0.15) is 31.9 Å². The number of hydrogen-bond acceptors (Lipinski definition) is 4. The van der Waals surface area contributed by atoms with Crippen molar-refractivity contribution in [1.29, 1.82) is 0 Å². The number of nitrogens with one attached hydrogen (secondary N) is 3. The molecular formula is C23H25BrN4O4. The molecule has 0 fully saturated rings. The van der Waals surface area contributed by atoms with E-state index in [1.807, 2.05) is 25.1 Å². The van der Waals surface area contributed by atoms with Crippen molar-refractivity contribution in [3.63, 3.8) is 0 Å². The molecule has 0 unspecified atom stereocenters. The highest BCUT2D eigenvalue weighted by molar-refractivity contribution is 9.10. The summed E-state index contributed by atoms with van der Waals surface area (Å²) in [5.74, 6) is -0.497. The van der Waals surface area contributed by atoms with Gasteiger partial charge in [0.1, 0.15) is 0 Å². The molecule has 1 atom stereocenters. The highest BCUT2D eigenvalue weighted by Crippen LogP contribution is 2.32. The van der Waals surface area contributed by atoms with Gasteiger partial charge in [0, 0.05) is 22.4 Å². The molecule has 4 amide bonds. The molecule has 0 spiro atoms. The van der Waals surface area contributed by atoms with Crippen LogP contribution in [-0.4, -0.2) is 36.6 Å². The lowest BCUT2D eigenvalue weighted by Crippen LogP contribution is -2.48. The third kappa shape index (κ3) is 5.11. The Bertz CT molecular complexity index is 1050. The third-order valence-electron chi connectivity index (χ3n) is 5.07. The van der Waals surface area contributed by atoms with Gasteiger partial charge in [0.2, 0.25) is 0 Å². The first-order valence-corrected chi connectivity index (χ1v) is 10.9. The second-order valence-corrected chi connectivity index (χ2v) is 8.06. The van der Waals surface area contributed by atoms with Gasteiger partial charge in [0.25, 0.3) is 0 Å². The van der Waals surface area contributed by atoms with Crippen molar-refractivity contribution >= 4 is 45.3 Å². The summed E-state index contributed by atoms with van der Waals surface area (Å²) in [5, 5.41) is 8.42. The molecule has 0 radical (unpaired) electrons. The Kier molecular flexibility index (Phi) is 7.53. The molecule has 32 heavy (non-hydrogen) atoms. The van der Waals surface area contributed by atoms with Crippen molar-refractivity contribution < 1.29 is 19.1 Å². The third-order valence-corrected chi connectivity index (χ3v) is 5.76. The molecule has 0 aromatic heterocycles. The number of rotatable bonds is 6. The second-order valence-electron chi connectivity index (χ2n) is 7.21. The highest BCUT2D eigenvalue weighted by atomic mass is 79.9. The molecule has 0 saturated carbocycles. The largest absolute Gasteiger partial charge is 0.466 e. The summed E-state index contributed by atoms with van der Waals surface area (Å²) in [5.41, 5.74) is 2.86. The van der Waals surface area contributed by atoms with Crippen molar-refractivity contribution in [2.75, 3.05) is 24.3 Å². The number of anilines is 2. The number of carbonyl (C=O) groups is 3. The fourth-order valence-electron chi connectivity index (χ4n) is 3.50. The van der Waals surface area contributed by atoms with Crippen LogP contribution in [0.5, 0.6) is 0 Å². The van der Waals surface area contributed by atoms with Crippen LogP contribution in [0.2, 0.25) is 0 Å². The Morgan fingerprint density at radius 1 is 1.12 bits per heavy atom. The maximum absolute atomic E-state index is 12.6. The van der Waals surface area contributed by atoms with Crippen LogP contribution in [0, 0.1) is 0 Å². The van der Waals surface area contributed by atoms with Crippen LogP contribution in [0.25, 0.3) is 0 Å². The summed E-state index contributed by atoms with van der Waals surface area (Å²) in [6.45, 7) is 4.21. The van der Waals surface area contributed by atoms with Gasteiger partial charge in [-0.2, -0.15) is 0 Å². The van der Waals surface area contributed by atoms with E-state index in [4.69, 9.17) is 4.74 Å². The zero-order valence-corrected chi connectivity index (χ0v) is 19.7. The number of allylic oxidation sites excluding steroid dienone is 1. The standard InChI is InChI=1S/C23H25BrN4O4/c1-4-13-28-14(2)19(21(29)32-3)20(27-23(28)31)15-9-11-16(12-10-15)25-22(30)26-18-8-6-5-7-17(18)24/h5-12,20H,4,13H2,1-3H3,(H,27,31)(H2,25,26,30)/t20-/m1/s1. The number of halogens is 1. The molecule has 1 aliphatic heterocycles. The summed E-state index contributed by atoms with van der Waals surface area (Å²) in [6.07, 6.45) is 0.756. The minimum Gasteiger partial charge on any atom is -0.466 e. The van der Waals surface area contributed by atoms with Gasteiger partial charge in [0.15, 0.2) is 0 Å². The summed E-state index contributed by atoms with van der Waals surface area (Å²) in [6, 6.07) is 12.9. The smallest absolute Gasteiger partial charge is 0.337 e. The number of methoxy groups -OCH3 is 1. The van der Waals surface area contributed by atoms with E-state index in [0.717, 1.165) is 10.9 Å². The number of benzene rings is 2. The lowest BCUT2D eigenvalue weighted by Gasteiger charge is -2.35. The summed E-state index contributed by atoms with van der Waals surface area (Å²) in [4.78, 5) is 39.0. The first-order valence-electron chi connectivity index (χ1n) is 10.1. The molecular weight excluding hydrogens is 476 g/mol. The van der Waals surface area contributed by atoms with Gasteiger partial charge in [-0.15, -0.1) is 0 Å². The number of nitrogens with zero attached hydrogens (tertiary/aromatic N) is 1. The number of hydrogen-bond donors (Lipinski definition) is 3. The zero-order chi connectivity index (χ0) is 23.3.